The lowest BCUT2D eigenvalue weighted by atomic mass is 9.96. The van der Waals surface area contributed by atoms with E-state index in [2.05, 4.69) is 59.4 Å². The maximum atomic E-state index is 14.3. The summed E-state index contributed by atoms with van der Waals surface area (Å²) in [4.78, 5) is 0. The summed E-state index contributed by atoms with van der Waals surface area (Å²) in [7, 11) is 0. The van der Waals surface area contributed by atoms with Gasteiger partial charge in [0.25, 0.3) is 0 Å². The summed E-state index contributed by atoms with van der Waals surface area (Å²) in [5.74, 6) is -0.183. The van der Waals surface area contributed by atoms with Gasteiger partial charge < -0.3 is 5.32 Å². The lowest BCUT2D eigenvalue weighted by molar-refractivity contribution is 0.546. The van der Waals surface area contributed by atoms with Crippen LogP contribution in [0.3, 0.4) is 0 Å². The molecule has 1 atom stereocenters. The number of halogens is 2. The van der Waals surface area contributed by atoms with Crippen molar-refractivity contribution in [3.8, 4) is 0 Å². The van der Waals surface area contributed by atoms with Crippen LogP contribution in [0.15, 0.2) is 46.9 Å². The minimum atomic E-state index is -0.183. The molecule has 3 heteroatoms. The number of hydrogen-bond donors (Lipinski definition) is 1. The van der Waals surface area contributed by atoms with Crippen molar-refractivity contribution in [3.05, 3.63) is 69.4 Å². The fourth-order valence-corrected chi connectivity index (χ4v) is 2.71. The Morgan fingerprint density at radius 3 is 2.38 bits per heavy atom. The van der Waals surface area contributed by atoms with E-state index in [4.69, 9.17) is 0 Å². The minimum absolute atomic E-state index is 0.107. The number of rotatable bonds is 6. The number of nitrogens with one attached hydrogen (secondary N) is 1. The molecule has 0 saturated heterocycles. The predicted molar refractivity (Wildman–Crippen MR) is 90.1 cm³/mol. The molecular weight excluding hydrogens is 329 g/mol. The van der Waals surface area contributed by atoms with Crippen LogP contribution in [0.2, 0.25) is 0 Å². The Balaban J connectivity index is 2.36. The van der Waals surface area contributed by atoms with E-state index in [-0.39, 0.29) is 11.9 Å². The van der Waals surface area contributed by atoms with Crippen LogP contribution in [0.1, 0.15) is 43.0 Å². The van der Waals surface area contributed by atoms with E-state index in [1.165, 1.54) is 11.6 Å². The van der Waals surface area contributed by atoms with E-state index in [0.29, 0.717) is 5.56 Å². The molecule has 0 aromatic heterocycles. The quantitative estimate of drug-likeness (QED) is 0.751. The van der Waals surface area contributed by atoms with Gasteiger partial charge in [0.05, 0.1) is 6.04 Å². The van der Waals surface area contributed by atoms with Crippen LogP contribution >= 0.6 is 15.9 Å². The number of aryl methyl sites for hydroxylation is 1. The van der Waals surface area contributed by atoms with Crippen LogP contribution in [-0.4, -0.2) is 6.54 Å². The zero-order valence-corrected chi connectivity index (χ0v) is 14.1. The van der Waals surface area contributed by atoms with Crippen LogP contribution in [0.4, 0.5) is 4.39 Å². The van der Waals surface area contributed by atoms with Crippen molar-refractivity contribution in [2.24, 2.45) is 0 Å². The molecule has 0 heterocycles. The van der Waals surface area contributed by atoms with Gasteiger partial charge in [-0.2, -0.15) is 0 Å². The first-order valence-corrected chi connectivity index (χ1v) is 8.22. The fraction of sp³-hybridized carbons (Fsp3) is 0.333. The molecule has 112 valence electrons. The van der Waals surface area contributed by atoms with Gasteiger partial charge in [0.2, 0.25) is 0 Å². The second kappa shape index (κ2) is 7.71. The molecule has 0 aliphatic rings. The normalized spacial score (nSPS) is 12.4. The third kappa shape index (κ3) is 4.14. The highest BCUT2D eigenvalue weighted by atomic mass is 79.9. The van der Waals surface area contributed by atoms with E-state index in [0.717, 1.165) is 29.4 Å². The van der Waals surface area contributed by atoms with Crippen molar-refractivity contribution >= 4 is 15.9 Å². The molecule has 1 nitrogen and oxygen atoms in total. The first kappa shape index (κ1) is 16.2. The van der Waals surface area contributed by atoms with Crippen molar-refractivity contribution in [2.75, 3.05) is 6.54 Å². The lowest BCUT2D eigenvalue weighted by Crippen LogP contribution is -2.24. The third-order valence-electron chi connectivity index (χ3n) is 3.59. The van der Waals surface area contributed by atoms with Gasteiger partial charge in [0.1, 0.15) is 5.82 Å². The molecular formula is C18H21BrFN. The third-order valence-corrected chi connectivity index (χ3v) is 4.09. The second-order valence-corrected chi connectivity index (χ2v) is 6.06. The molecule has 21 heavy (non-hydrogen) atoms. The highest BCUT2D eigenvalue weighted by Gasteiger charge is 2.17. The molecule has 0 saturated carbocycles. The van der Waals surface area contributed by atoms with E-state index >= 15 is 0 Å². The fourth-order valence-electron chi connectivity index (χ4n) is 2.38. The van der Waals surface area contributed by atoms with Crippen LogP contribution in [0.25, 0.3) is 0 Å². The summed E-state index contributed by atoms with van der Waals surface area (Å²) >= 11 is 3.31. The Kier molecular flexibility index (Phi) is 5.95. The smallest absolute Gasteiger partial charge is 0.129 e. The zero-order valence-electron chi connectivity index (χ0n) is 12.5. The summed E-state index contributed by atoms with van der Waals surface area (Å²) in [5, 5.41) is 3.44. The molecule has 0 aliphatic heterocycles. The first-order valence-electron chi connectivity index (χ1n) is 7.42. The van der Waals surface area contributed by atoms with Crippen molar-refractivity contribution in [2.45, 2.75) is 32.7 Å². The second-order valence-electron chi connectivity index (χ2n) is 5.15. The standard InChI is InChI=1S/C18H21BrFN/c1-3-11-21-18(14-7-5-13(4-2)6-8-14)16-10-9-15(19)12-17(16)20/h5-10,12,18,21H,3-4,11H2,1-2H3. The monoisotopic (exact) mass is 349 g/mol. The predicted octanol–water partition coefficient (Wildman–Crippen LogP) is 5.24. The maximum Gasteiger partial charge on any atom is 0.129 e. The van der Waals surface area contributed by atoms with Gasteiger partial charge in [-0.15, -0.1) is 0 Å². The zero-order chi connectivity index (χ0) is 15.2. The Labute approximate surface area is 134 Å². The summed E-state index contributed by atoms with van der Waals surface area (Å²) < 4.78 is 15.1. The van der Waals surface area contributed by atoms with Crippen LogP contribution in [0, 0.1) is 5.82 Å². The molecule has 0 spiro atoms. The molecule has 0 amide bonds. The SMILES string of the molecule is CCCNC(c1ccc(CC)cc1)c1ccc(Br)cc1F. The van der Waals surface area contributed by atoms with Crippen LogP contribution < -0.4 is 5.32 Å². The molecule has 1 N–H and O–H groups in total. The molecule has 0 radical (unpaired) electrons. The largest absolute Gasteiger partial charge is 0.306 e. The summed E-state index contributed by atoms with van der Waals surface area (Å²) in [5.41, 5.74) is 3.09. The number of hydrogen-bond acceptors (Lipinski definition) is 1. The van der Waals surface area contributed by atoms with Crippen molar-refractivity contribution in [1.82, 2.24) is 5.32 Å². The number of benzene rings is 2. The van der Waals surface area contributed by atoms with Crippen LogP contribution in [-0.2, 0) is 6.42 Å². The van der Waals surface area contributed by atoms with E-state index in [1.54, 1.807) is 0 Å². The van der Waals surface area contributed by atoms with Gasteiger partial charge in [-0.3, -0.25) is 0 Å². The van der Waals surface area contributed by atoms with Gasteiger partial charge in [-0.05, 0) is 42.6 Å². The summed E-state index contributed by atoms with van der Waals surface area (Å²) in [6.07, 6.45) is 2.03. The minimum Gasteiger partial charge on any atom is -0.306 e. The van der Waals surface area contributed by atoms with Gasteiger partial charge >= 0.3 is 0 Å². The summed E-state index contributed by atoms with van der Waals surface area (Å²) in [6.45, 7) is 5.11. The lowest BCUT2D eigenvalue weighted by Gasteiger charge is -2.20. The Morgan fingerprint density at radius 1 is 1.10 bits per heavy atom. The topological polar surface area (TPSA) is 12.0 Å². The first-order chi connectivity index (χ1) is 10.2. The average Bonchev–Trinajstić information content (AvgIpc) is 2.50. The maximum absolute atomic E-state index is 14.3. The average molecular weight is 350 g/mol. The highest BCUT2D eigenvalue weighted by molar-refractivity contribution is 9.10. The molecule has 2 aromatic carbocycles. The molecule has 2 aromatic rings. The van der Waals surface area contributed by atoms with E-state index < -0.39 is 0 Å². The van der Waals surface area contributed by atoms with Gasteiger partial charge in [-0.25, -0.2) is 4.39 Å². The Hall–Kier alpha value is -1.19. The van der Waals surface area contributed by atoms with Crippen molar-refractivity contribution in [3.63, 3.8) is 0 Å². The van der Waals surface area contributed by atoms with Gasteiger partial charge in [0, 0.05) is 10.0 Å². The Morgan fingerprint density at radius 2 is 1.81 bits per heavy atom. The van der Waals surface area contributed by atoms with E-state index in [9.17, 15) is 4.39 Å². The van der Waals surface area contributed by atoms with Gasteiger partial charge in [0.15, 0.2) is 0 Å². The van der Waals surface area contributed by atoms with Crippen molar-refractivity contribution in [1.29, 1.82) is 0 Å². The molecule has 1 unspecified atom stereocenters. The molecule has 0 fully saturated rings. The summed E-state index contributed by atoms with van der Waals surface area (Å²) in [6, 6.07) is 13.6. The molecule has 2 rings (SSSR count). The van der Waals surface area contributed by atoms with Crippen molar-refractivity contribution < 1.29 is 4.39 Å². The Bertz CT molecular complexity index is 580. The van der Waals surface area contributed by atoms with E-state index in [1.807, 2.05) is 12.1 Å². The van der Waals surface area contributed by atoms with Crippen LogP contribution in [0.5, 0.6) is 0 Å². The van der Waals surface area contributed by atoms with Gasteiger partial charge in [-0.1, -0.05) is 60.1 Å². The highest BCUT2D eigenvalue weighted by Crippen LogP contribution is 2.27. The molecule has 0 aliphatic carbocycles. The molecule has 0 bridgehead atoms.